The maximum Gasteiger partial charge on any atom is 0.259 e. The van der Waals surface area contributed by atoms with E-state index >= 15 is 0 Å². The highest BCUT2D eigenvalue weighted by Crippen LogP contribution is 2.19. The van der Waals surface area contributed by atoms with E-state index in [1.807, 2.05) is 0 Å². The summed E-state index contributed by atoms with van der Waals surface area (Å²) in [6.45, 7) is 0.155. The number of carbonyl (C=O) groups is 2. The molecule has 1 rings (SSSR count). The SMILES string of the molecule is Cl.NC(=O)CNC(=O)C1(F)CCNC1. The van der Waals surface area contributed by atoms with E-state index in [0.29, 0.717) is 6.54 Å². The van der Waals surface area contributed by atoms with Gasteiger partial charge in [-0.3, -0.25) is 9.59 Å². The molecule has 1 fully saturated rings. The Morgan fingerprint density at radius 1 is 1.57 bits per heavy atom. The average Bonchev–Trinajstić information content (AvgIpc) is 2.49. The third-order valence-electron chi connectivity index (χ3n) is 1.93. The Labute approximate surface area is 87.0 Å². The van der Waals surface area contributed by atoms with Crippen molar-refractivity contribution in [2.45, 2.75) is 12.1 Å². The minimum atomic E-state index is -1.88. The van der Waals surface area contributed by atoms with Gasteiger partial charge < -0.3 is 16.4 Å². The van der Waals surface area contributed by atoms with E-state index in [1.54, 1.807) is 0 Å². The minimum Gasteiger partial charge on any atom is -0.368 e. The van der Waals surface area contributed by atoms with Gasteiger partial charge in [0.15, 0.2) is 0 Å². The van der Waals surface area contributed by atoms with Gasteiger partial charge in [0.1, 0.15) is 0 Å². The van der Waals surface area contributed by atoms with Crippen molar-refractivity contribution in [3.05, 3.63) is 0 Å². The van der Waals surface area contributed by atoms with Crippen LogP contribution in [0.15, 0.2) is 0 Å². The highest BCUT2D eigenvalue weighted by atomic mass is 35.5. The fourth-order valence-corrected chi connectivity index (χ4v) is 1.18. The van der Waals surface area contributed by atoms with Gasteiger partial charge >= 0.3 is 0 Å². The van der Waals surface area contributed by atoms with E-state index in [0.717, 1.165) is 0 Å². The van der Waals surface area contributed by atoms with E-state index in [2.05, 4.69) is 10.6 Å². The summed E-state index contributed by atoms with van der Waals surface area (Å²) in [5.41, 5.74) is 2.91. The van der Waals surface area contributed by atoms with Gasteiger partial charge in [-0.2, -0.15) is 0 Å². The van der Waals surface area contributed by atoms with Crippen molar-refractivity contribution >= 4 is 24.2 Å². The van der Waals surface area contributed by atoms with Gasteiger partial charge in [-0.05, 0) is 6.54 Å². The number of halogens is 2. The Morgan fingerprint density at radius 3 is 2.64 bits per heavy atom. The molecule has 1 atom stereocenters. The zero-order valence-corrected chi connectivity index (χ0v) is 8.32. The molecule has 0 aromatic heterocycles. The summed E-state index contributed by atoms with van der Waals surface area (Å²) >= 11 is 0. The molecule has 0 spiro atoms. The van der Waals surface area contributed by atoms with Gasteiger partial charge in [-0.25, -0.2) is 4.39 Å². The van der Waals surface area contributed by atoms with Crippen LogP contribution in [0.4, 0.5) is 4.39 Å². The zero-order valence-electron chi connectivity index (χ0n) is 7.51. The molecule has 0 aromatic rings. The van der Waals surface area contributed by atoms with Crippen LogP contribution in [0.25, 0.3) is 0 Å². The largest absolute Gasteiger partial charge is 0.368 e. The Hall–Kier alpha value is -0.880. The van der Waals surface area contributed by atoms with Crippen LogP contribution in [0.5, 0.6) is 0 Å². The van der Waals surface area contributed by atoms with Crippen LogP contribution in [-0.2, 0) is 9.59 Å². The lowest BCUT2D eigenvalue weighted by molar-refractivity contribution is -0.133. The van der Waals surface area contributed by atoms with E-state index in [4.69, 9.17) is 5.73 Å². The molecule has 0 bridgehead atoms. The van der Waals surface area contributed by atoms with Gasteiger partial charge in [-0.1, -0.05) is 0 Å². The number of rotatable bonds is 3. The minimum absolute atomic E-state index is 0. The number of nitrogens with one attached hydrogen (secondary N) is 2. The maximum absolute atomic E-state index is 13.5. The molecule has 0 radical (unpaired) electrons. The van der Waals surface area contributed by atoms with E-state index < -0.39 is 17.5 Å². The molecular weight excluding hydrogens is 213 g/mol. The van der Waals surface area contributed by atoms with Gasteiger partial charge in [0.25, 0.3) is 5.91 Å². The van der Waals surface area contributed by atoms with E-state index in [-0.39, 0.29) is 31.9 Å². The molecule has 1 unspecified atom stereocenters. The first-order chi connectivity index (χ1) is 6.04. The standard InChI is InChI=1S/C7H12FN3O2.ClH/c8-7(1-2-10-4-7)6(13)11-3-5(9)12;/h10H,1-4H2,(H2,9,12)(H,11,13);1H. The van der Waals surface area contributed by atoms with Gasteiger partial charge in [0.2, 0.25) is 11.6 Å². The summed E-state index contributed by atoms with van der Waals surface area (Å²) in [6, 6.07) is 0. The second-order valence-electron chi connectivity index (χ2n) is 3.04. The molecule has 14 heavy (non-hydrogen) atoms. The van der Waals surface area contributed by atoms with Crippen LogP contribution in [0.1, 0.15) is 6.42 Å². The third kappa shape index (κ3) is 3.12. The summed E-state index contributed by atoms with van der Waals surface area (Å²) in [5, 5.41) is 4.87. The predicted molar refractivity (Wildman–Crippen MR) is 50.8 cm³/mol. The van der Waals surface area contributed by atoms with Gasteiger partial charge in [0, 0.05) is 13.0 Å². The zero-order chi connectivity index (χ0) is 9.90. The number of hydrogen-bond donors (Lipinski definition) is 3. The highest BCUT2D eigenvalue weighted by molar-refractivity contribution is 5.89. The summed E-state index contributed by atoms with van der Waals surface area (Å²) in [5.74, 6) is -1.45. The van der Waals surface area contributed by atoms with Crippen LogP contribution in [0, 0.1) is 0 Å². The molecule has 1 saturated heterocycles. The van der Waals surface area contributed by atoms with Crippen LogP contribution < -0.4 is 16.4 Å². The lowest BCUT2D eigenvalue weighted by atomic mass is 10.1. The van der Waals surface area contributed by atoms with Crippen molar-refractivity contribution in [2.24, 2.45) is 5.73 Å². The molecule has 2 amide bonds. The normalized spacial score (nSPS) is 25.2. The van der Waals surface area contributed by atoms with Crippen molar-refractivity contribution in [3.63, 3.8) is 0 Å². The Balaban J connectivity index is 0.00000169. The number of carbonyl (C=O) groups excluding carboxylic acids is 2. The fraction of sp³-hybridized carbons (Fsp3) is 0.714. The summed E-state index contributed by atoms with van der Waals surface area (Å²) in [6.07, 6.45) is 0.137. The molecule has 82 valence electrons. The first-order valence-electron chi connectivity index (χ1n) is 4.01. The third-order valence-corrected chi connectivity index (χ3v) is 1.93. The van der Waals surface area contributed by atoms with Crippen molar-refractivity contribution in [1.82, 2.24) is 10.6 Å². The van der Waals surface area contributed by atoms with Crippen LogP contribution in [0.3, 0.4) is 0 Å². The second kappa shape index (κ2) is 5.11. The van der Waals surface area contributed by atoms with Crippen LogP contribution in [-0.4, -0.2) is 37.1 Å². The van der Waals surface area contributed by atoms with Crippen molar-refractivity contribution < 1.29 is 14.0 Å². The molecule has 1 aliphatic heterocycles. The summed E-state index contributed by atoms with van der Waals surface area (Å²) in [7, 11) is 0. The molecule has 0 aliphatic carbocycles. The first-order valence-corrected chi connectivity index (χ1v) is 4.01. The van der Waals surface area contributed by atoms with E-state index in [9.17, 15) is 14.0 Å². The monoisotopic (exact) mass is 225 g/mol. The maximum atomic E-state index is 13.5. The molecule has 0 saturated carbocycles. The summed E-state index contributed by atoms with van der Waals surface area (Å²) < 4.78 is 13.5. The van der Waals surface area contributed by atoms with E-state index in [1.165, 1.54) is 0 Å². The predicted octanol–water partition coefficient (Wildman–Crippen LogP) is -1.29. The molecule has 0 aromatic carbocycles. The Kier molecular flexibility index (Phi) is 4.79. The van der Waals surface area contributed by atoms with Gasteiger partial charge in [-0.15, -0.1) is 12.4 Å². The van der Waals surface area contributed by atoms with Crippen molar-refractivity contribution in [3.8, 4) is 0 Å². The molecule has 1 aliphatic rings. The lowest BCUT2D eigenvalue weighted by Gasteiger charge is -2.16. The Bertz CT molecular complexity index is 231. The highest BCUT2D eigenvalue weighted by Gasteiger charge is 2.41. The van der Waals surface area contributed by atoms with Crippen molar-refractivity contribution in [2.75, 3.05) is 19.6 Å². The topological polar surface area (TPSA) is 84.2 Å². The smallest absolute Gasteiger partial charge is 0.259 e. The van der Waals surface area contributed by atoms with Crippen LogP contribution >= 0.6 is 12.4 Å². The number of nitrogens with two attached hydrogens (primary N) is 1. The Morgan fingerprint density at radius 2 is 2.21 bits per heavy atom. The number of amides is 2. The van der Waals surface area contributed by atoms with Crippen molar-refractivity contribution in [1.29, 1.82) is 0 Å². The molecule has 5 nitrogen and oxygen atoms in total. The summed E-state index contributed by atoms with van der Waals surface area (Å²) in [4.78, 5) is 21.4. The lowest BCUT2D eigenvalue weighted by Crippen LogP contribution is -2.47. The molecule has 4 N–H and O–H groups in total. The second-order valence-corrected chi connectivity index (χ2v) is 3.04. The number of alkyl halides is 1. The van der Waals surface area contributed by atoms with Gasteiger partial charge in [0.05, 0.1) is 6.54 Å². The number of hydrogen-bond acceptors (Lipinski definition) is 3. The first kappa shape index (κ1) is 13.1. The average molecular weight is 226 g/mol. The molecular formula is C7H13ClFN3O2. The molecule has 7 heteroatoms. The van der Waals surface area contributed by atoms with Crippen LogP contribution in [0.2, 0.25) is 0 Å². The molecule has 1 heterocycles. The number of primary amides is 1. The fourth-order valence-electron chi connectivity index (χ4n) is 1.18. The quantitative estimate of drug-likeness (QED) is 0.559.